The molecular weight excluding hydrogens is 212 g/mol. The van der Waals surface area contributed by atoms with Crippen LogP contribution in [0, 0.1) is 0 Å². The molecule has 5 nitrogen and oxygen atoms in total. The van der Waals surface area contributed by atoms with Crippen molar-refractivity contribution in [1.29, 1.82) is 0 Å². The van der Waals surface area contributed by atoms with Crippen LogP contribution in [-0.4, -0.2) is 59.6 Å². The van der Waals surface area contributed by atoms with Gasteiger partial charge in [-0.3, -0.25) is 0 Å². The highest BCUT2D eigenvalue weighted by atomic mass is 16.5. The molecule has 0 aromatic heterocycles. The molecule has 1 aliphatic rings. The molecule has 0 aliphatic carbocycles. The molecule has 0 bridgehead atoms. The number of unbranched alkanes of at least 4 members (excludes halogenated alkanes) is 2. The number of ether oxygens (including phenoxy) is 2. The number of rotatable bonds is 7. The van der Waals surface area contributed by atoms with E-state index in [1.807, 2.05) is 0 Å². The molecule has 5 heteroatoms. The standard InChI is InChI=1S/C11H22O5/c1-2-3-4-5-15-6-9(13)11-10(14)8(12)7-16-11/h8-14H,2-7H2,1H3/t8-,9+,10+,11?/m0/s1. The zero-order valence-corrected chi connectivity index (χ0v) is 9.71. The van der Waals surface area contributed by atoms with Crippen molar-refractivity contribution in [1.82, 2.24) is 0 Å². The summed E-state index contributed by atoms with van der Waals surface area (Å²) < 4.78 is 10.4. The van der Waals surface area contributed by atoms with Gasteiger partial charge >= 0.3 is 0 Å². The van der Waals surface area contributed by atoms with Crippen molar-refractivity contribution in [2.24, 2.45) is 0 Å². The molecule has 0 saturated carbocycles. The van der Waals surface area contributed by atoms with Gasteiger partial charge in [0.1, 0.15) is 24.4 Å². The molecule has 0 spiro atoms. The van der Waals surface area contributed by atoms with Crippen LogP contribution >= 0.6 is 0 Å². The Bertz CT molecular complexity index is 187. The minimum Gasteiger partial charge on any atom is -0.388 e. The predicted molar refractivity (Wildman–Crippen MR) is 58.1 cm³/mol. The van der Waals surface area contributed by atoms with Gasteiger partial charge in [0.05, 0.1) is 13.2 Å². The van der Waals surface area contributed by atoms with E-state index in [0.717, 1.165) is 19.3 Å². The van der Waals surface area contributed by atoms with E-state index >= 15 is 0 Å². The van der Waals surface area contributed by atoms with E-state index in [2.05, 4.69) is 6.92 Å². The Labute approximate surface area is 96.0 Å². The minimum absolute atomic E-state index is 0.0682. The third-order valence-corrected chi connectivity index (χ3v) is 2.75. The Balaban J connectivity index is 2.12. The molecule has 96 valence electrons. The van der Waals surface area contributed by atoms with Gasteiger partial charge in [0.25, 0.3) is 0 Å². The first kappa shape index (κ1) is 13.9. The maximum Gasteiger partial charge on any atom is 0.114 e. The molecule has 1 unspecified atom stereocenters. The normalized spacial score (nSPS) is 31.9. The average molecular weight is 234 g/mol. The fraction of sp³-hybridized carbons (Fsp3) is 1.00. The zero-order valence-electron chi connectivity index (χ0n) is 9.71. The Morgan fingerprint density at radius 1 is 1.38 bits per heavy atom. The SMILES string of the molecule is CCCCCOC[C@@H](O)C1OC[C@H](O)[C@H]1O. The number of aliphatic hydroxyl groups is 3. The first-order chi connectivity index (χ1) is 7.66. The highest BCUT2D eigenvalue weighted by Crippen LogP contribution is 2.17. The first-order valence-electron chi connectivity index (χ1n) is 5.90. The van der Waals surface area contributed by atoms with Crippen molar-refractivity contribution in [3.63, 3.8) is 0 Å². The second-order valence-electron chi connectivity index (χ2n) is 4.21. The largest absolute Gasteiger partial charge is 0.388 e. The summed E-state index contributed by atoms with van der Waals surface area (Å²) in [4.78, 5) is 0. The van der Waals surface area contributed by atoms with Gasteiger partial charge in [-0.05, 0) is 6.42 Å². The summed E-state index contributed by atoms with van der Waals surface area (Å²) in [5, 5.41) is 28.4. The van der Waals surface area contributed by atoms with E-state index < -0.39 is 24.4 Å². The number of aliphatic hydroxyl groups excluding tert-OH is 3. The van der Waals surface area contributed by atoms with Gasteiger partial charge in [0, 0.05) is 6.61 Å². The summed E-state index contributed by atoms with van der Waals surface area (Å²) in [6.45, 7) is 2.92. The molecule has 1 heterocycles. The van der Waals surface area contributed by atoms with E-state index in [-0.39, 0.29) is 13.2 Å². The van der Waals surface area contributed by atoms with Crippen molar-refractivity contribution in [3.05, 3.63) is 0 Å². The van der Waals surface area contributed by atoms with Crippen molar-refractivity contribution in [2.75, 3.05) is 19.8 Å². The molecule has 1 rings (SSSR count). The van der Waals surface area contributed by atoms with Crippen molar-refractivity contribution >= 4 is 0 Å². The van der Waals surface area contributed by atoms with Gasteiger partial charge in [-0.25, -0.2) is 0 Å². The van der Waals surface area contributed by atoms with Crippen LogP contribution in [0.2, 0.25) is 0 Å². The lowest BCUT2D eigenvalue weighted by molar-refractivity contribution is -0.0813. The molecule has 0 radical (unpaired) electrons. The van der Waals surface area contributed by atoms with Crippen LogP contribution in [0.15, 0.2) is 0 Å². The first-order valence-corrected chi connectivity index (χ1v) is 5.90. The second-order valence-corrected chi connectivity index (χ2v) is 4.21. The molecule has 3 N–H and O–H groups in total. The lowest BCUT2D eigenvalue weighted by atomic mass is 10.1. The number of hydrogen-bond acceptors (Lipinski definition) is 5. The Morgan fingerprint density at radius 2 is 2.12 bits per heavy atom. The average Bonchev–Trinajstić information content (AvgIpc) is 2.59. The van der Waals surface area contributed by atoms with Gasteiger partial charge in [-0.2, -0.15) is 0 Å². The topological polar surface area (TPSA) is 79.2 Å². The third kappa shape index (κ3) is 3.99. The van der Waals surface area contributed by atoms with Crippen LogP contribution in [-0.2, 0) is 9.47 Å². The van der Waals surface area contributed by atoms with Crippen molar-refractivity contribution in [2.45, 2.75) is 50.6 Å². The van der Waals surface area contributed by atoms with Crippen LogP contribution in [0.1, 0.15) is 26.2 Å². The smallest absolute Gasteiger partial charge is 0.114 e. The minimum atomic E-state index is -1.02. The lowest BCUT2D eigenvalue weighted by Gasteiger charge is -2.20. The van der Waals surface area contributed by atoms with Gasteiger partial charge < -0.3 is 24.8 Å². The summed E-state index contributed by atoms with van der Waals surface area (Å²) in [6, 6.07) is 0. The molecule has 1 fully saturated rings. The number of hydrogen-bond donors (Lipinski definition) is 3. The fourth-order valence-electron chi connectivity index (χ4n) is 1.72. The van der Waals surface area contributed by atoms with E-state index in [4.69, 9.17) is 9.47 Å². The van der Waals surface area contributed by atoms with Gasteiger partial charge in [0.2, 0.25) is 0 Å². The van der Waals surface area contributed by atoms with Crippen LogP contribution in [0.4, 0.5) is 0 Å². The van der Waals surface area contributed by atoms with Crippen LogP contribution in [0.25, 0.3) is 0 Å². The van der Waals surface area contributed by atoms with E-state index in [0.29, 0.717) is 6.61 Å². The maximum atomic E-state index is 9.67. The van der Waals surface area contributed by atoms with Crippen LogP contribution < -0.4 is 0 Å². The van der Waals surface area contributed by atoms with Crippen LogP contribution in [0.3, 0.4) is 0 Å². The third-order valence-electron chi connectivity index (χ3n) is 2.75. The lowest BCUT2D eigenvalue weighted by Crippen LogP contribution is -2.40. The fourth-order valence-corrected chi connectivity index (χ4v) is 1.72. The summed E-state index contributed by atoms with van der Waals surface area (Å²) in [5.41, 5.74) is 0. The molecule has 0 aromatic rings. The summed E-state index contributed by atoms with van der Waals surface area (Å²) in [5.74, 6) is 0. The molecule has 4 atom stereocenters. The van der Waals surface area contributed by atoms with Gasteiger partial charge in [-0.15, -0.1) is 0 Å². The molecular formula is C11H22O5. The second kappa shape index (κ2) is 7.19. The van der Waals surface area contributed by atoms with Crippen LogP contribution in [0.5, 0.6) is 0 Å². The van der Waals surface area contributed by atoms with Crippen molar-refractivity contribution in [3.8, 4) is 0 Å². The predicted octanol–water partition coefficient (Wildman–Crippen LogP) is -0.325. The zero-order chi connectivity index (χ0) is 12.0. The highest BCUT2D eigenvalue weighted by Gasteiger charge is 2.39. The summed E-state index contributed by atoms with van der Waals surface area (Å²) >= 11 is 0. The van der Waals surface area contributed by atoms with Gasteiger partial charge in [0.15, 0.2) is 0 Å². The molecule has 16 heavy (non-hydrogen) atoms. The summed E-state index contributed by atoms with van der Waals surface area (Å²) in [7, 11) is 0. The Hall–Kier alpha value is -0.200. The quantitative estimate of drug-likeness (QED) is 0.526. The maximum absolute atomic E-state index is 9.67. The van der Waals surface area contributed by atoms with E-state index in [1.54, 1.807) is 0 Å². The Kier molecular flexibility index (Phi) is 6.23. The highest BCUT2D eigenvalue weighted by molar-refractivity contribution is 4.87. The van der Waals surface area contributed by atoms with E-state index in [9.17, 15) is 15.3 Å². The summed E-state index contributed by atoms with van der Waals surface area (Å²) in [6.07, 6.45) is -0.330. The van der Waals surface area contributed by atoms with Gasteiger partial charge in [-0.1, -0.05) is 19.8 Å². The monoisotopic (exact) mass is 234 g/mol. The molecule has 1 saturated heterocycles. The molecule has 0 aromatic carbocycles. The molecule has 1 aliphatic heterocycles. The Morgan fingerprint density at radius 3 is 2.69 bits per heavy atom. The molecule has 0 amide bonds. The van der Waals surface area contributed by atoms with Crippen molar-refractivity contribution < 1.29 is 24.8 Å². The van der Waals surface area contributed by atoms with E-state index in [1.165, 1.54) is 0 Å².